The largest absolute Gasteiger partial charge is 0.493 e. The molecule has 1 aromatic rings. The van der Waals surface area contributed by atoms with E-state index >= 15 is 0 Å². The molecule has 1 atom stereocenters. The molecule has 0 saturated heterocycles. The van der Waals surface area contributed by atoms with Crippen molar-refractivity contribution in [1.29, 1.82) is 0 Å². The van der Waals surface area contributed by atoms with E-state index in [0.717, 1.165) is 11.1 Å². The third kappa shape index (κ3) is 4.96. The fourth-order valence-corrected chi connectivity index (χ4v) is 1.57. The minimum Gasteiger partial charge on any atom is -0.493 e. The average molecular weight is 261 g/mol. The molecular weight excluding hydrogens is 243 g/mol. The standard InChI is InChI=1S/C13H18F3NO/c1-9-8-11(10(2)17)4-5-12(9)18-7-3-6-13(14,15)16/h4-5,8,10H,3,6-7,17H2,1-2H3/t10-/m0/s1. The summed E-state index contributed by atoms with van der Waals surface area (Å²) in [6.07, 6.45) is -4.96. The molecule has 0 spiro atoms. The minimum absolute atomic E-state index is 0.0298. The maximum absolute atomic E-state index is 11.9. The highest BCUT2D eigenvalue weighted by Gasteiger charge is 2.26. The van der Waals surface area contributed by atoms with Crippen LogP contribution in [0.2, 0.25) is 0 Å². The van der Waals surface area contributed by atoms with Crippen molar-refractivity contribution in [3.05, 3.63) is 29.3 Å². The molecule has 0 radical (unpaired) electrons. The molecule has 0 aliphatic rings. The number of aryl methyl sites for hydroxylation is 1. The molecule has 2 N–H and O–H groups in total. The third-order valence-electron chi connectivity index (χ3n) is 2.59. The summed E-state index contributed by atoms with van der Waals surface area (Å²) >= 11 is 0. The number of ether oxygens (including phenoxy) is 1. The van der Waals surface area contributed by atoms with E-state index < -0.39 is 12.6 Å². The van der Waals surface area contributed by atoms with E-state index in [0.29, 0.717) is 5.75 Å². The second-order valence-electron chi connectivity index (χ2n) is 4.38. The van der Waals surface area contributed by atoms with Crippen LogP contribution in [0.1, 0.15) is 36.9 Å². The van der Waals surface area contributed by atoms with Gasteiger partial charge < -0.3 is 10.5 Å². The summed E-state index contributed by atoms with van der Waals surface area (Å²) in [4.78, 5) is 0. The number of benzene rings is 1. The Hall–Kier alpha value is -1.23. The molecule has 0 aliphatic carbocycles. The van der Waals surface area contributed by atoms with Crippen LogP contribution in [0.15, 0.2) is 18.2 Å². The molecule has 2 nitrogen and oxygen atoms in total. The quantitative estimate of drug-likeness (QED) is 0.819. The van der Waals surface area contributed by atoms with E-state index in [1.54, 1.807) is 6.07 Å². The second kappa shape index (κ2) is 6.09. The Morgan fingerprint density at radius 1 is 1.33 bits per heavy atom. The van der Waals surface area contributed by atoms with Crippen molar-refractivity contribution in [2.75, 3.05) is 6.61 Å². The maximum atomic E-state index is 11.9. The summed E-state index contributed by atoms with van der Waals surface area (Å²) in [6.45, 7) is 3.79. The van der Waals surface area contributed by atoms with E-state index in [1.165, 1.54) is 0 Å². The first-order valence-corrected chi connectivity index (χ1v) is 5.85. The summed E-state index contributed by atoms with van der Waals surface area (Å²) in [6, 6.07) is 5.41. The van der Waals surface area contributed by atoms with Crippen molar-refractivity contribution in [1.82, 2.24) is 0 Å². The molecule has 1 rings (SSSR count). The van der Waals surface area contributed by atoms with E-state index in [1.807, 2.05) is 26.0 Å². The Labute approximate surface area is 105 Å². The van der Waals surface area contributed by atoms with Crippen LogP contribution in [0.3, 0.4) is 0 Å². The number of alkyl halides is 3. The van der Waals surface area contributed by atoms with Gasteiger partial charge in [0.2, 0.25) is 0 Å². The molecule has 0 unspecified atom stereocenters. The Balaban J connectivity index is 2.48. The van der Waals surface area contributed by atoms with Crippen molar-refractivity contribution in [2.24, 2.45) is 5.73 Å². The molecule has 18 heavy (non-hydrogen) atoms. The lowest BCUT2D eigenvalue weighted by Gasteiger charge is -2.12. The molecule has 102 valence electrons. The number of nitrogens with two attached hydrogens (primary N) is 1. The molecule has 0 heterocycles. The monoisotopic (exact) mass is 261 g/mol. The summed E-state index contributed by atoms with van der Waals surface area (Å²) in [5.74, 6) is 0.613. The first kappa shape index (κ1) is 14.8. The van der Waals surface area contributed by atoms with Crippen LogP contribution < -0.4 is 10.5 Å². The highest BCUT2D eigenvalue weighted by Crippen LogP contribution is 2.24. The minimum atomic E-state index is -4.11. The topological polar surface area (TPSA) is 35.2 Å². The van der Waals surface area contributed by atoms with E-state index in [9.17, 15) is 13.2 Å². The van der Waals surface area contributed by atoms with E-state index in [-0.39, 0.29) is 19.1 Å². The van der Waals surface area contributed by atoms with Gasteiger partial charge in [0.1, 0.15) is 5.75 Å². The summed E-state index contributed by atoms with van der Waals surface area (Å²) in [7, 11) is 0. The number of rotatable bonds is 5. The average Bonchev–Trinajstić information content (AvgIpc) is 2.24. The van der Waals surface area contributed by atoms with Crippen LogP contribution in [0.5, 0.6) is 5.75 Å². The molecule has 1 aromatic carbocycles. The molecule has 5 heteroatoms. The Kier molecular flexibility index (Phi) is 5.02. The van der Waals surface area contributed by atoms with Gasteiger partial charge in [-0.15, -0.1) is 0 Å². The van der Waals surface area contributed by atoms with Crippen LogP contribution in [0, 0.1) is 6.92 Å². The number of hydrogen-bond acceptors (Lipinski definition) is 2. The zero-order valence-corrected chi connectivity index (χ0v) is 10.6. The predicted octanol–water partition coefficient (Wildman–Crippen LogP) is 3.74. The van der Waals surface area contributed by atoms with E-state index in [4.69, 9.17) is 10.5 Å². The van der Waals surface area contributed by atoms with Gasteiger partial charge in [-0.2, -0.15) is 13.2 Å². The van der Waals surface area contributed by atoms with E-state index in [2.05, 4.69) is 0 Å². The zero-order valence-electron chi connectivity index (χ0n) is 10.6. The van der Waals surface area contributed by atoms with Crippen LogP contribution in [-0.2, 0) is 0 Å². The maximum Gasteiger partial charge on any atom is 0.389 e. The van der Waals surface area contributed by atoms with Gasteiger partial charge in [0, 0.05) is 12.5 Å². The molecule has 0 aliphatic heterocycles. The Morgan fingerprint density at radius 2 is 2.00 bits per heavy atom. The van der Waals surface area contributed by atoms with Gasteiger partial charge in [0.05, 0.1) is 6.61 Å². The molecular formula is C13H18F3NO. The van der Waals surface area contributed by atoms with Crippen molar-refractivity contribution < 1.29 is 17.9 Å². The van der Waals surface area contributed by atoms with Gasteiger partial charge in [-0.1, -0.05) is 12.1 Å². The molecule has 0 aromatic heterocycles. The first-order valence-electron chi connectivity index (χ1n) is 5.85. The van der Waals surface area contributed by atoms with Gasteiger partial charge in [0.25, 0.3) is 0 Å². The zero-order chi connectivity index (χ0) is 13.8. The lowest BCUT2D eigenvalue weighted by Crippen LogP contribution is -2.10. The Bertz CT molecular complexity index is 388. The summed E-state index contributed by atoms with van der Waals surface area (Å²) in [5.41, 5.74) is 7.60. The highest BCUT2D eigenvalue weighted by molar-refractivity contribution is 5.37. The van der Waals surface area contributed by atoms with Gasteiger partial charge in [-0.25, -0.2) is 0 Å². The summed E-state index contributed by atoms with van der Waals surface area (Å²) < 4.78 is 41.1. The first-order chi connectivity index (χ1) is 8.29. The highest BCUT2D eigenvalue weighted by atomic mass is 19.4. The van der Waals surface area contributed by atoms with Crippen molar-refractivity contribution in [3.63, 3.8) is 0 Å². The molecule has 0 fully saturated rings. The van der Waals surface area contributed by atoms with Crippen molar-refractivity contribution in [2.45, 2.75) is 38.9 Å². The van der Waals surface area contributed by atoms with Crippen molar-refractivity contribution in [3.8, 4) is 5.75 Å². The number of halogens is 3. The second-order valence-corrected chi connectivity index (χ2v) is 4.38. The van der Waals surface area contributed by atoms with Crippen molar-refractivity contribution >= 4 is 0 Å². The number of hydrogen-bond donors (Lipinski definition) is 1. The van der Waals surface area contributed by atoms with Gasteiger partial charge in [-0.3, -0.25) is 0 Å². The SMILES string of the molecule is Cc1cc([C@H](C)N)ccc1OCCCC(F)(F)F. The van der Waals surface area contributed by atoms with Gasteiger partial charge in [-0.05, 0) is 37.5 Å². The van der Waals surface area contributed by atoms with Gasteiger partial charge in [0.15, 0.2) is 0 Å². The normalized spacial score (nSPS) is 13.4. The Morgan fingerprint density at radius 3 is 2.50 bits per heavy atom. The summed E-state index contributed by atoms with van der Waals surface area (Å²) in [5, 5.41) is 0. The van der Waals surface area contributed by atoms with Crippen LogP contribution in [0.25, 0.3) is 0 Å². The predicted molar refractivity (Wildman–Crippen MR) is 64.6 cm³/mol. The fourth-order valence-electron chi connectivity index (χ4n) is 1.57. The lowest BCUT2D eigenvalue weighted by molar-refractivity contribution is -0.136. The van der Waals surface area contributed by atoms with Crippen LogP contribution in [0.4, 0.5) is 13.2 Å². The third-order valence-corrected chi connectivity index (χ3v) is 2.59. The molecule has 0 saturated carbocycles. The lowest BCUT2D eigenvalue weighted by atomic mass is 10.1. The van der Waals surface area contributed by atoms with Crippen LogP contribution in [-0.4, -0.2) is 12.8 Å². The molecule has 0 bridgehead atoms. The van der Waals surface area contributed by atoms with Crippen LogP contribution >= 0.6 is 0 Å². The smallest absolute Gasteiger partial charge is 0.389 e. The van der Waals surface area contributed by atoms with Gasteiger partial charge >= 0.3 is 6.18 Å². The molecule has 0 amide bonds. The fraction of sp³-hybridized carbons (Fsp3) is 0.538.